The summed E-state index contributed by atoms with van der Waals surface area (Å²) in [7, 11) is 0. The molecule has 0 fully saturated rings. The molecule has 0 bridgehead atoms. The van der Waals surface area contributed by atoms with Gasteiger partial charge in [-0.05, 0) is 44.0 Å². The van der Waals surface area contributed by atoms with Crippen LogP contribution in [0.2, 0.25) is 0 Å². The molecule has 1 aromatic carbocycles. The zero-order chi connectivity index (χ0) is 9.30. The van der Waals surface area contributed by atoms with Gasteiger partial charge in [0.05, 0.1) is 0 Å². The van der Waals surface area contributed by atoms with Crippen molar-refractivity contribution in [3.63, 3.8) is 0 Å². The lowest BCUT2D eigenvalue weighted by Crippen LogP contribution is -1.89. The van der Waals surface area contributed by atoms with E-state index in [9.17, 15) is 13.2 Å². The molecule has 0 saturated heterocycles. The average molecular weight is 304 g/mol. The molecule has 1 aromatic rings. The van der Waals surface area contributed by atoms with Crippen molar-refractivity contribution in [2.24, 2.45) is 0 Å². The van der Waals surface area contributed by atoms with Crippen molar-refractivity contribution in [3.8, 4) is 0 Å². The molecule has 0 radical (unpaired) electrons. The number of rotatable bonds is 1. The highest BCUT2D eigenvalue weighted by Crippen LogP contribution is 2.33. The molecular weight excluding hydrogens is 301 g/mol. The number of benzene rings is 1. The second kappa shape index (κ2) is 3.79. The van der Waals surface area contributed by atoms with Crippen molar-refractivity contribution in [1.82, 2.24) is 0 Å². The molecule has 0 aliphatic heterocycles. The Balaban J connectivity index is 3.28. The van der Waals surface area contributed by atoms with Gasteiger partial charge >= 0.3 is 0 Å². The van der Waals surface area contributed by atoms with E-state index in [1.165, 1.54) is 0 Å². The van der Waals surface area contributed by atoms with Gasteiger partial charge in [-0.15, -0.1) is 0 Å². The summed E-state index contributed by atoms with van der Waals surface area (Å²) in [4.78, 5) is 0. The van der Waals surface area contributed by atoms with Crippen LogP contribution in [-0.2, 0) is 0 Å². The van der Waals surface area contributed by atoms with Crippen LogP contribution < -0.4 is 0 Å². The maximum atomic E-state index is 12.6. The predicted octanol–water partition coefficient (Wildman–Crippen LogP) is 4.29. The van der Waals surface area contributed by atoms with Crippen LogP contribution in [0.15, 0.2) is 21.1 Å². The molecule has 0 N–H and O–H groups in total. The number of hydrogen-bond donors (Lipinski definition) is 0. The molecule has 0 amide bonds. The lowest BCUT2D eigenvalue weighted by Gasteiger charge is -2.04. The molecule has 0 nitrogen and oxygen atoms in total. The maximum Gasteiger partial charge on any atom is 0.265 e. The fraction of sp³-hybridized carbons (Fsp3) is 0.143. The first kappa shape index (κ1) is 10.1. The Morgan fingerprint density at radius 3 is 2.25 bits per heavy atom. The van der Waals surface area contributed by atoms with Crippen LogP contribution in [-0.4, -0.2) is 0 Å². The molecule has 0 spiro atoms. The van der Waals surface area contributed by atoms with E-state index in [4.69, 9.17) is 0 Å². The molecule has 0 heterocycles. The van der Waals surface area contributed by atoms with Crippen molar-refractivity contribution < 1.29 is 13.2 Å². The van der Waals surface area contributed by atoms with Gasteiger partial charge in [-0.3, -0.25) is 0 Å². The highest BCUT2D eigenvalue weighted by Gasteiger charge is 2.15. The van der Waals surface area contributed by atoms with Crippen LogP contribution in [0.25, 0.3) is 0 Å². The second-order valence-electron chi connectivity index (χ2n) is 2.09. The topological polar surface area (TPSA) is 0 Å². The van der Waals surface area contributed by atoms with Crippen LogP contribution >= 0.6 is 31.9 Å². The van der Waals surface area contributed by atoms with Crippen LogP contribution in [0.1, 0.15) is 12.0 Å². The summed E-state index contributed by atoms with van der Waals surface area (Å²) < 4.78 is 37.4. The van der Waals surface area contributed by atoms with Gasteiger partial charge in [0.15, 0.2) is 0 Å². The van der Waals surface area contributed by atoms with Gasteiger partial charge in [-0.1, -0.05) is 0 Å². The van der Waals surface area contributed by atoms with E-state index in [0.717, 1.165) is 12.1 Å². The largest absolute Gasteiger partial charge is 0.265 e. The van der Waals surface area contributed by atoms with E-state index in [0.29, 0.717) is 0 Å². The van der Waals surface area contributed by atoms with Crippen molar-refractivity contribution in [2.75, 3.05) is 0 Å². The summed E-state index contributed by atoms with van der Waals surface area (Å²) in [5, 5.41) is 0. The third-order valence-corrected chi connectivity index (χ3v) is 3.30. The highest BCUT2D eigenvalue weighted by molar-refractivity contribution is 9.13. The van der Waals surface area contributed by atoms with Crippen molar-refractivity contribution in [1.29, 1.82) is 0 Å². The summed E-state index contributed by atoms with van der Waals surface area (Å²) in [5.74, 6) is -0.680. The van der Waals surface area contributed by atoms with E-state index in [2.05, 4.69) is 31.9 Å². The van der Waals surface area contributed by atoms with Crippen molar-refractivity contribution in [2.45, 2.75) is 6.43 Å². The van der Waals surface area contributed by atoms with E-state index < -0.39 is 12.2 Å². The van der Waals surface area contributed by atoms with Gasteiger partial charge in [0.25, 0.3) is 6.43 Å². The minimum atomic E-state index is -2.67. The molecule has 5 heteroatoms. The second-order valence-corrected chi connectivity index (χ2v) is 3.74. The van der Waals surface area contributed by atoms with Crippen LogP contribution in [0, 0.1) is 5.82 Å². The molecule has 12 heavy (non-hydrogen) atoms. The quantitative estimate of drug-likeness (QED) is 0.679. The predicted molar refractivity (Wildman–Crippen MR) is 46.8 cm³/mol. The van der Waals surface area contributed by atoms with Crippen molar-refractivity contribution in [3.05, 3.63) is 32.5 Å². The minimum Gasteiger partial charge on any atom is -0.207 e. The highest BCUT2D eigenvalue weighted by atomic mass is 79.9. The normalized spacial score (nSPS) is 10.8. The van der Waals surface area contributed by atoms with E-state index in [1.54, 1.807) is 0 Å². The molecule has 0 saturated carbocycles. The Kier molecular flexibility index (Phi) is 3.17. The fourth-order valence-corrected chi connectivity index (χ4v) is 1.58. The van der Waals surface area contributed by atoms with Crippen LogP contribution in [0.5, 0.6) is 0 Å². The SMILES string of the molecule is Fc1cc(Br)c(Br)c(C(F)F)c1. The molecule has 0 atom stereocenters. The fourth-order valence-electron chi connectivity index (χ4n) is 0.735. The summed E-state index contributed by atoms with van der Waals surface area (Å²) in [6, 6.07) is 1.93. The smallest absolute Gasteiger partial charge is 0.207 e. The molecule has 0 aliphatic carbocycles. The Morgan fingerprint density at radius 1 is 1.17 bits per heavy atom. The lowest BCUT2D eigenvalue weighted by molar-refractivity contribution is 0.150. The van der Waals surface area contributed by atoms with Gasteiger partial charge in [0.2, 0.25) is 0 Å². The zero-order valence-electron chi connectivity index (χ0n) is 5.62. The summed E-state index contributed by atoms with van der Waals surface area (Å²) in [6.07, 6.45) is -2.67. The van der Waals surface area contributed by atoms with Gasteiger partial charge < -0.3 is 0 Å². The Bertz CT molecular complexity index is 299. The molecule has 0 aliphatic rings. The Hall–Kier alpha value is -0.0300. The lowest BCUT2D eigenvalue weighted by atomic mass is 10.2. The minimum absolute atomic E-state index is 0.193. The van der Waals surface area contributed by atoms with E-state index in [1.807, 2.05) is 0 Å². The number of alkyl halides is 2. The average Bonchev–Trinajstić information content (AvgIpc) is 1.96. The summed E-state index contributed by atoms with van der Waals surface area (Å²) in [5.41, 5.74) is -0.345. The van der Waals surface area contributed by atoms with Crippen LogP contribution in [0.4, 0.5) is 13.2 Å². The first-order chi connectivity index (χ1) is 5.52. The van der Waals surface area contributed by atoms with Gasteiger partial charge in [-0.2, -0.15) is 0 Å². The first-order valence-electron chi connectivity index (χ1n) is 2.95. The number of hydrogen-bond acceptors (Lipinski definition) is 0. The third kappa shape index (κ3) is 2.01. The summed E-state index contributed by atoms with van der Waals surface area (Å²) in [6.45, 7) is 0. The molecule has 1 rings (SSSR count). The first-order valence-corrected chi connectivity index (χ1v) is 4.53. The standard InChI is InChI=1S/C7H3Br2F3/c8-5-2-3(10)1-4(6(5)9)7(11)12/h1-2,7H. The van der Waals surface area contributed by atoms with Gasteiger partial charge in [0.1, 0.15) is 5.82 Å². The molecule has 0 unspecified atom stereocenters. The third-order valence-electron chi connectivity index (χ3n) is 1.26. The molecule has 66 valence electrons. The van der Waals surface area contributed by atoms with Gasteiger partial charge in [-0.25, -0.2) is 13.2 Å². The van der Waals surface area contributed by atoms with Crippen molar-refractivity contribution >= 4 is 31.9 Å². The molecule has 0 aromatic heterocycles. The van der Waals surface area contributed by atoms with E-state index >= 15 is 0 Å². The van der Waals surface area contributed by atoms with Gasteiger partial charge in [0, 0.05) is 14.5 Å². The monoisotopic (exact) mass is 302 g/mol. The Labute approximate surface area is 84.0 Å². The maximum absolute atomic E-state index is 12.6. The summed E-state index contributed by atoms with van der Waals surface area (Å²) >= 11 is 5.87. The molecular formula is C7H3Br2F3. The number of halogens is 5. The van der Waals surface area contributed by atoms with E-state index in [-0.39, 0.29) is 14.5 Å². The Morgan fingerprint density at radius 2 is 1.75 bits per heavy atom. The zero-order valence-corrected chi connectivity index (χ0v) is 8.79. The van der Waals surface area contributed by atoms with Crippen LogP contribution in [0.3, 0.4) is 0 Å².